The Kier molecular flexibility index (Phi) is 8.27. The lowest BCUT2D eigenvalue weighted by atomic mass is 9.78. The van der Waals surface area contributed by atoms with Crippen molar-refractivity contribution in [1.29, 1.82) is 0 Å². The van der Waals surface area contributed by atoms with E-state index >= 15 is 0 Å². The van der Waals surface area contributed by atoms with Crippen molar-refractivity contribution < 1.29 is 31.1 Å². The molecule has 0 aromatic heterocycles. The predicted molar refractivity (Wildman–Crippen MR) is 127 cm³/mol. The average Bonchev–Trinajstić information content (AvgIpc) is 2.85. The molecule has 0 aliphatic heterocycles. The van der Waals surface area contributed by atoms with Gasteiger partial charge in [0.1, 0.15) is 5.82 Å². The lowest BCUT2D eigenvalue weighted by Gasteiger charge is -2.29. The van der Waals surface area contributed by atoms with Gasteiger partial charge in [0, 0.05) is 5.56 Å². The summed E-state index contributed by atoms with van der Waals surface area (Å²) in [5.41, 5.74) is 1.30. The van der Waals surface area contributed by atoms with Crippen LogP contribution in [0.1, 0.15) is 62.5 Å². The standard InChI is InChI=1S/C29H28F6O/c1-2-3-4-18-11-26(33)29(27(34)12-18)36-16-17-5-7-19(8-6-17)20-9-10-22(23(30)13-20)21-14-24(31)28(35)25(32)15-21/h9-15,17,19H,2-8,16H2,1H3. The number of hydrogen-bond acceptors (Lipinski definition) is 1. The van der Waals surface area contributed by atoms with E-state index in [0.29, 0.717) is 12.0 Å². The Morgan fingerprint density at radius 3 is 1.97 bits per heavy atom. The second-order valence-corrected chi connectivity index (χ2v) is 9.51. The van der Waals surface area contributed by atoms with Crippen molar-refractivity contribution in [3.63, 3.8) is 0 Å². The van der Waals surface area contributed by atoms with Gasteiger partial charge in [-0.2, -0.15) is 0 Å². The van der Waals surface area contributed by atoms with Crippen molar-refractivity contribution in [2.24, 2.45) is 5.92 Å². The summed E-state index contributed by atoms with van der Waals surface area (Å²) in [6.45, 7) is 2.22. The van der Waals surface area contributed by atoms with Crippen LogP contribution in [0, 0.1) is 40.8 Å². The second kappa shape index (κ2) is 11.4. The number of rotatable bonds is 8. The molecule has 0 saturated heterocycles. The third kappa shape index (κ3) is 5.88. The number of hydrogen-bond donors (Lipinski definition) is 0. The molecule has 1 aliphatic carbocycles. The highest BCUT2D eigenvalue weighted by Gasteiger charge is 2.25. The molecule has 0 amide bonds. The summed E-state index contributed by atoms with van der Waals surface area (Å²) < 4.78 is 89.4. The van der Waals surface area contributed by atoms with E-state index < -0.39 is 34.9 Å². The SMILES string of the molecule is CCCCc1cc(F)c(OCC2CCC(c3ccc(-c4cc(F)c(F)c(F)c4)c(F)c3)CC2)c(F)c1. The lowest BCUT2D eigenvalue weighted by molar-refractivity contribution is 0.188. The Labute approximate surface area is 207 Å². The quantitative estimate of drug-likeness (QED) is 0.219. The molecule has 3 aromatic rings. The van der Waals surface area contributed by atoms with Crippen molar-refractivity contribution in [2.75, 3.05) is 6.61 Å². The van der Waals surface area contributed by atoms with Gasteiger partial charge in [-0.1, -0.05) is 25.5 Å². The van der Waals surface area contributed by atoms with E-state index in [2.05, 4.69) is 0 Å². The van der Waals surface area contributed by atoms with Gasteiger partial charge < -0.3 is 4.74 Å². The van der Waals surface area contributed by atoms with Gasteiger partial charge in [0.15, 0.2) is 34.8 Å². The van der Waals surface area contributed by atoms with Gasteiger partial charge in [-0.15, -0.1) is 0 Å². The van der Waals surface area contributed by atoms with Crippen LogP contribution in [-0.4, -0.2) is 6.61 Å². The molecule has 0 N–H and O–H groups in total. The van der Waals surface area contributed by atoms with Gasteiger partial charge >= 0.3 is 0 Å². The number of aryl methyl sites for hydroxylation is 1. The number of unbranched alkanes of at least 4 members (excludes halogenated alkanes) is 1. The molecular weight excluding hydrogens is 478 g/mol. The first-order valence-electron chi connectivity index (χ1n) is 12.3. The summed E-state index contributed by atoms with van der Waals surface area (Å²) >= 11 is 0. The van der Waals surface area contributed by atoms with Crippen molar-refractivity contribution >= 4 is 0 Å². The van der Waals surface area contributed by atoms with Crippen LogP contribution in [0.25, 0.3) is 11.1 Å². The molecule has 4 rings (SSSR count). The minimum Gasteiger partial charge on any atom is -0.487 e. The zero-order valence-electron chi connectivity index (χ0n) is 20.0. The third-order valence-electron chi connectivity index (χ3n) is 6.95. The highest BCUT2D eigenvalue weighted by Crippen LogP contribution is 2.38. The maximum absolute atomic E-state index is 14.8. The van der Waals surface area contributed by atoms with E-state index in [9.17, 15) is 26.3 Å². The van der Waals surface area contributed by atoms with E-state index in [-0.39, 0.29) is 35.3 Å². The molecule has 1 nitrogen and oxygen atoms in total. The summed E-state index contributed by atoms with van der Waals surface area (Å²) in [4.78, 5) is 0. The molecule has 0 radical (unpaired) electrons. The van der Waals surface area contributed by atoms with Crippen molar-refractivity contribution in [3.05, 3.63) is 88.5 Å². The first-order valence-corrected chi connectivity index (χ1v) is 12.3. The van der Waals surface area contributed by atoms with E-state index in [1.807, 2.05) is 6.92 Å². The van der Waals surface area contributed by atoms with Crippen LogP contribution >= 0.6 is 0 Å². The van der Waals surface area contributed by atoms with Crippen molar-refractivity contribution in [3.8, 4) is 16.9 Å². The molecule has 0 unspecified atom stereocenters. The van der Waals surface area contributed by atoms with Crippen LogP contribution < -0.4 is 4.74 Å². The van der Waals surface area contributed by atoms with Gasteiger partial charge in [0.05, 0.1) is 6.61 Å². The largest absolute Gasteiger partial charge is 0.487 e. The molecule has 0 spiro atoms. The molecule has 192 valence electrons. The Bertz CT molecular complexity index is 1170. The fourth-order valence-corrected chi connectivity index (χ4v) is 4.87. The van der Waals surface area contributed by atoms with Crippen molar-refractivity contribution in [1.82, 2.24) is 0 Å². The molecule has 36 heavy (non-hydrogen) atoms. The number of ether oxygens (including phenoxy) is 1. The van der Waals surface area contributed by atoms with Crippen LogP contribution in [-0.2, 0) is 6.42 Å². The molecular formula is C29H28F6O. The minimum absolute atomic E-state index is 0.0107. The molecule has 0 atom stereocenters. The Morgan fingerprint density at radius 2 is 1.39 bits per heavy atom. The Morgan fingerprint density at radius 1 is 0.750 bits per heavy atom. The van der Waals surface area contributed by atoms with Crippen LogP contribution in [0.2, 0.25) is 0 Å². The molecule has 7 heteroatoms. The lowest BCUT2D eigenvalue weighted by Crippen LogP contribution is -2.20. The first-order chi connectivity index (χ1) is 17.3. The topological polar surface area (TPSA) is 9.23 Å². The van der Waals surface area contributed by atoms with Gasteiger partial charge in [0.25, 0.3) is 0 Å². The summed E-state index contributed by atoms with van der Waals surface area (Å²) in [6.07, 6.45) is 5.41. The van der Waals surface area contributed by atoms with E-state index in [1.165, 1.54) is 24.3 Å². The maximum atomic E-state index is 14.8. The maximum Gasteiger partial charge on any atom is 0.194 e. The fourth-order valence-electron chi connectivity index (χ4n) is 4.87. The highest BCUT2D eigenvalue weighted by atomic mass is 19.2. The van der Waals surface area contributed by atoms with Gasteiger partial charge in [-0.05, 0) is 97.4 Å². The third-order valence-corrected chi connectivity index (χ3v) is 6.95. The smallest absolute Gasteiger partial charge is 0.194 e. The highest BCUT2D eigenvalue weighted by molar-refractivity contribution is 5.65. The molecule has 0 heterocycles. The van der Waals surface area contributed by atoms with E-state index in [1.54, 1.807) is 6.07 Å². The molecule has 1 aliphatic rings. The minimum atomic E-state index is -1.59. The predicted octanol–water partition coefficient (Wildman–Crippen LogP) is 8.88. The summed E-state index contributed by atoms with van der Waals surface area (Å²) in [7, 11) is 0. The van der Waals surface area contributed by atoms with Crippen LogP contribution in [0.15, 0.2) is 42.5 Å². The van der Waals surface area contributed by atoms with Crippen molar-refractivity contribution in [2.45, 2.75) is 57.8 Å². The molecule has 0 bridgehead atoms. The normalized spacial score (nSPS) is 17.9. The number of halogens is 6. The zero-order valence-corrected chi connectivity index (χ0v) is 20.0. The summed E-state index contributed by atoms with van der Waals surface area (Å²) in [5.74, 6) is -6.50. The van der Waals surface area contributed by atoms with E-state index in [4.69, 9.17) is 4.74 Å². The summed E-state index contributed by atoms with van der Waals surface area (Å²) in [5, 5.41) is 0. The Balaban J connectivity index is 1.35. The van der Waals surface area contributed by atoms with Gasteiger partial charge in [-0.3, -0.25) is 0 Å². The molecule has 1 saturated carbocycles. The first kappa shape index (κ1) is 26.1. The Hall–Kier alpha value is -2.96. The molecule has 3 aromatic carbocycles. The fraction of sp³-hybridized carbons (Fsp3) is 0.379. The van der Waals surface area contributed by atoms with E-state index in [0.717, 1.165) is 56.2 Å². The zero-order chi connectivity index (χ0) is 25.8. The van der Waals surface area contributed by atoms with Crippen LogP contribution in [0.5, 0.6) is 5.75 Å². The second-order valence-electron chi connectivity index (χ2n) is 9.51. The van der Waals surface area contributed by atoms with Gasteiger partial charge in [0.2, 0.25) is 0 Å². The van der Waals surface area contributed by atoms with Crippen LogP contribution in [0.4, 0.5) is 26.3 Å². The monoisotopic (exact) mass is 506 g/mol. The van der Waals surface area contributed by atoms with Crippen LogP contribution in [0.3, 0.4) is 0 Å². The summed E-state index contributed by atoms with van der Waals surface area (Å²) in [6, 6.07) is 8.71. The average molecular weight is 507 g/mol. The molecule has 1 fully saturated rings. The number of benzene rings is 3. The van der Waals surface area contributed by atoms with Gasteiger partial charge in [-0.25, -0.2) is 26.3 Å².